The zero-order valence-corrected chi connectivity index (χ0v) is 29.1. The Kier molecular flexibility index (Phi) is 10.8. The lowest BCUT2D eigenvalue weighted by Crippen LogP contribution is -2.44. The van der Waals surface area contributed by atoms with Gasteiger partial charge in [-0.15, -0.1) is 0 Å². The van der Waals surface area contributed by atoms with Crippen LogP contribution >= 0.6 is 0 Å². The second kappa shape index (κ2) is 14.5. The lowest BCUT2D eigenvalue weighted by Gasteiger charge is -2.28. The van der Waals surface area contributed by atoms with Crippen LogP contribution in [0.3, 0.4) is 0 Å². The molecule has 1 unspecified atom stereocenters. The van der Waals surface area contributed by atoms with E-state index in [1.807, 2.05) is 18.2 Å². The summed E-state index contributed by atoms with van der Waals surface area (Å²) in [4.78, 5) is 45.4. The average Bonchev–Trinajstić information content (AvgIpc) is 3.00. The number of fused-ring (bicyclic) bond motifs is 1. The van der Waals surface area contributed by atoms with Crippen LogP contribution in [0.4, 0.5) is 21.1 Å². The molecule has 4 rings (SSSR count). The molecule has 0 bridgehead atoms. The van der Waals surface area contributed by atoms with E-state index in [1.165, 1.54) is 18.3 Å². The smallest absolute Gasteiger partial charge is 0.425 e. The molecule has 258 valence electrons. The van der Waals surface area contributed by atoms with E-state index in [0.29, 0.717) is 27.6 Å². The van der Waals surface area contributed by atoms with Crippen molar-refractivity contribution in [3.63, 3.8) is 0 Å². The highest BCUT2D eigenvalue weighted by molar-refractivity contribution is 7.89. The maximum atomic E-state index is 13.7. The van der Waals surface area contributed by atoms with Gasteiger partial charge in [0.2, 0.25) is 15.9 Å². The van der Waals surface area contributed by atoms with Gasteiger partial charge in [-0.25, -0.2) is 28.1 Å². The van der Waals surface area contributed by atoms with Gasteiger partial charge >= 0.3 is 12.2 Å². The van der Waals surface area contributed by atoms with Gasteiger partial charge in [-0.3, -0.25) is 4.79 Å². The van der Waals surface area contributed by atoms with Gasteiger partial charge in [0, 0.05) is 23.8 Å². The van der Waals surface area contributed by atoms with Gasteiger partial charge in [-0.2, -0.15) is 4.90 Å². The number of benzene rings is 3. The fourth-order valence-electron chi connectivity index (χ4n) is 4.75. The summed E-state index contributed by atoms with van der Waals surface area (Å²) in [7, 11) is -3.92. The molecule has 0 fully saturated rings. The fraction of sp³-hybridized carbons (Fsp3) is 0.278. The zero-order valence-electron chi connectivity index (χ0n) is 28.3. The number of carbonyl (C=O) groups is 3. The van der Waals surface area contributed by atoms with Crippen molar-refractivity contribution >= 4 is 56.5 Å². The number of ether oxygens (including phenoxy) is 2. The predicted molar refractivity (Wildman–Crippen MR) is 189 cm³/mol. The van der Waals surface area contributed by atoms with E-state index in [-0.39, 0.29) is 17.3 Å². The zero-order chi connectivity index (χ0) is 36.1. The molecule has 0 radical (unpaired) electrons. The molecule has 3 amide bonds. The van der Waals surface area contributed by atoms with Crippen molar-refractivity contribution in [2.75, 3.05) is 10.2 Å². The van der Waals surface area contributed by atoms with E-state index in [4.69, 9.17) is 14.6 Å². The maximum absolute atomic E-state index is 13.7. The first-order chi connectivity index (χ1) is 22.8. The Morgan fingerprint density at radius 2 is 1.57 bits per heavy atom. The highest BCUT2D eigenvalue weighted by Gasteiger charge is 2.34. The minimum atomic E-state index is -3.92. The monoisotopic (exact) mass is 687 g/mol. The topological polar surface area (TPSA) is 170 Å². The molecule has 0 saturated heterocycles. The van der Waals surface area contributed by atoms with Crippen LogP contribution in [0.15, 0.2) is 90.5 Å². The third kappa shape index (κ3) is 9.87. The molecular formula is C36H41N5O7S. The number of nitrogens with one attached hydrogen (secondary N) is 2. The molecule has 49 heavy (non-hydrogen) atoms. The summed E-state index contributed by atoms with van der Waals surface area (Å²) in [6.07, 6.45) is 1.23. The predicted octanol–water partition coefficient (Wildman–Crippen LogP) is 6.67. The molecule has 1 heterocycles. The van der Waals surface area contributed by atoms with E-state index in [2.05, 4.69) is 22.2 Å². The second-order valence-corrected chi connectivity index (χ2v) is 14.8. The van der Waals surface area contributed by atoms with Gasteiger partial charge in [0.25, 0.3) is 0 Å². The normalized spacial score (nSPS) is 12.5. The molecule has 4 N–H and O–H groups in total. The number of pyridine rings is 1. The molecule has 13 heteroatoms. The standard InChI is InChI=1S/C36H41N5O7S/c1-8-23-11-9-13-26(19-23)30(32(42)39-22-24-12-10-14-28(20-24)49(37,45)46)40-27-15-16-29-25(21-27)17-18-38-31(29)41(33(43)47-35(2,3)4)34(44)48-36(5,6)7/h8-21,30,40H,1,22H2,2-7H3,(H,39,42)(H2,37,45,46). The number of imide groups is 1. The van der Waals surface area contributed by atoms with Crippen LogP contribution in [-0.4, -0.2) is 42.7 Å². The Hall–Kier alpha value is -5.27. The summed E-state index contributed by atoms with van der Waals surface area (Å²) in [6, 6.07) is 19.3. The van der Waals surface area contributed by atoms with E-state index >= 15 is 0 Å². The number of amides is 3. The van der Waals surface area contributed by atoms with Crippen molar-refractivity contribution < 1.29 is 32.3 Å². The van der Waals surface area contributed by atoms with Gasteiger partial charge in [0.05, 0.1) is 4.90 Å². The third-order valence-electron chi connectivity index (χ3n) is 6.85. The van der Waals surface area contributed by atoms with Crippen molar-refractivity contribution in [3.05, 3.63) is 102 Å². The van der Waals surface area contributed by atoms with E-state index in [1.54, 1.807) is 90.1 Å². The van der Waals surface area contributed by atoms with Crippen molar-refractivity contribution in [1.82, 2.24) is 10.3 Å². The van der Waals surface area contributed by atoms with Gasteiger partial charge in [-0.05, 0) is 106 Å². The van der Waals surface area contributed by atoms with Gasteiger partial charge < -0.3 is 20.1 Å². The van der Waals surface area contributed by atoms with Crippen molar-refractivity contribution in [1.29, 1.82) is 0 Å². The number of rotatable bonds is 9. The Morgan fingerprint density at radius 1 is 0.918 bits per heavy atom. The van der Waals surface area contributed by atoms with Crippen LogP contribution in [0.25, 0.3) is 16.8 Å². The van der Waals surface area contributed by atoms with Crippen LogP contribution < -0.4 is 20.7 Å². The van der Waals surface area contributed by atoms with Gasteiger partial charge in [0.15, 0.2) is 5.82 Å². The number of nitrogens with two attached hydrogens (primary N) is 1. The highest BCUT2D eigenvalue weighted by Crippen LogP contribution is 2.31. The summed E-state index contributed by atoms with van der Waals surface area (Å²) in [5.74, 6) is -0.374. The number of nitrogens with zero attached hydrogens (tertiary/aromatic N) is 2. The first-order valence-corrected chi connectivity index (χ1v) is 16.9. The molecule has 3 aromatic carbocycles. The Bertz CT molecular complexity index is 1970. The number of hydrogen-bond donors (Lipinski definition) is 3. The lowest BCUT2D eigenvalue weighted by atomic mass is 10.0. The maximum Gasteiger partial charge on any atom is 0.425 e. The van der Waals surface area contributed by atoms with Crippen LogP contribution in [-0.2, 0) is 30.8 Å². The first kappa shape index (κ1) is 36.6. The SMILES string of the molecule is C=Cc1cccc(C(Nc2ccc3c(N(C(=O)OC(C)(C)C)C(=O)OC(C)(C)C)nccc3c2)C(=O)NCc2cccc(S(N)(=O)=O)c2)c1. The van der Waals surface area contributed by atoms with E-state index < -0.39 is 45.4 Å². The van der Waals surface area contributed by atoms with Crippen LogP contribution in [0.1, 0.15) is 64.3 Å². The van der Waals surface area contributed by atoms with E-state index in [9.17, 15) is 22.8 Å². The molecular weight excluding hydrogens is 646 g/mol. The van der Waals surface area contributed by atoms with Crippen LogP contribution in [0.5, 0.6) is 0 Å². The molecule has 0 aliphatic heterocycles. The Morgan fingerprint density at radius 3 is 2.18 bits per heavy atom. The number of primary sulfonamides is 1. The minimum absolute atomic E-state index is 0.0160. The van der Waals surface area contributed by atoms with Crippen molar-refractivity contribution in [2.45, 2.75) is 70.2 Å². The molecule has 0 saturated carbocycles. The Labute approximate surface area is 286 Å². The summed E-state index contributed by atoms with van der Waals surface area (Å²) in [6.45, 7) is 14.0. The fourth-order valence-corrected chi connectivity index (χ4v) is 5.33. The average molecular weight is 688 g/mol. The lowest BCUT2D eigenvalue weighted by molar-refractivity contribution is -0.122. The van der Waals surface area contributed by atoms with Crippen LogP contribution in [0, 0.1) is 0 Å². The summed E-state index contributed by atoms with van der Waals surface area (Å²) in [5.41, 5.74) is 0.737. The minimum Gasteiger partial charge on any atom is -0.443 e. The quantitative estimate of drug-likeness (QED) is 0.174. The first-order valence-electron chi connectivity index (χ1n) is 15.4. The number of anilines is 2. The number of hydrogen-bond acceptors (Lipinski definition) is 9. The van der Waals surface area contributed by atoms with E-state index in [0.717, 1.165) is 10.5 Å². The number of sulfonamides is 1. The third-order valence-corrected chi connectivity index (χ3v) is 7.76. The van der Waals surface area contributed by atoms with Crippen molar-refractivity contribution in [2.24, 2.45) is 5.14 Å². The van der Waals surface area contributed by atoms with Crippen LogP contribution in [0.2, 0.25) is 0 Å². The second-order valence-electron chi connectivity index (χ2n) is 13.2. The summed E-state index contributed by atoms with van der Waals surface area (Å²) in [5, 5.41) is 12.5. The van der Waals surface area contributed by atoms with Crippen molar-refractivity contribution in [3.8, 4) is 0 Å². The summed E-state index contributed by atoms with van der Waals surface area (Å²) < 4.78 is 34.7. The molecule has 1 aromatic heterocycles. The largest absolute Gasteiger partial charge is 0.443 e. The molecule has 1 atom stereocenters. The highest BCUT2D eigenvalue weighted by atomic mass is 32.2. The number of aromatic nitrogens is 1. The summed E-state index contributed by atoms with van der Waals surface area (Å²) >= 11 is 0. The molecule has 0 spiro atoms. The Balaban J connectivity index is 1.69. The van der Waals surface area contributed by atoms with Gasteiger partial charge in [-0.1, -0.05) is 43.0 Å². The molecule has 0 aliphatic carbocycles. The molecule has 0 aliphatic rings. The molecule has 12 nitrogen and oxygen atoms in total. The number of carbonyl (C=O) groups excluding carboxylic acids is 3. The van der Waals surface area contributed by atoms with Gasteiger partial charge in [0.1, 0.15) is 17.2 Å². The molecule has 4 aromatic rings.